The number of carbonyl (C=O) groups excluding carboxylic acids is 1. The number of hydrogen-bond acceptors (Lipinski definition) is 5. The van der Waals surface area contributed by atoms with Crippen LogP contribution in [-0.2, 0) is 6.18 Å². The highest BCUT2D eigenvalue weighted by Gasteiger charge is 2.34. The third-order valence-corrected chi connectivity index (χ3v) is 2.92. The van der Waals surface area contributed by atoms with Gasteiger partial charge in [0.1, 0.15) is 5.82 Å². The summed E-state index contributed by atoms with van der Waals surface area (Å²) in [7, 11) is 0. The Hall–Kier alpha value is -2.23. The maximum Gasteiger partial charge on any atom is 0.419 e. The van der Waals surface area contributed by atoms with E-state index in [9.17, 15) is 22.4 Å². The fourth-order valence-electron chi connectivity index (χ4n) is 1.33. The maximum absolute atomic E-state index is 13.1. The van der Waals surface area contributed by atoms with Crippen LogP contribution in [0.25, 0.3) is 0 Å². The van der Waals surface area contributed by atoms with Crippen molar-refractivity contribution in [3.63, 3.8) is 0 Å². The number of anilines is 2. The molecule has 1 heterocycles. The summed E-state index contributed by atoms with van der Waals surface area (Å²) in [5, 5.41) is 8.93. The SMILES string of the molecule is Nc1nnc(C(=O)Nc2ccc(F)c(C(F)(F)F)c2)s1. The second-order valence-electron chi connectivity index (χ2n) is 3.59. The van der Waals surface area contributed by atoms with Crippen LogP contribution in [-0.4, -0.2) is 16.1 Å². The first-order valence-electron chi connectivity index (χ1n) is 5.04. The van der Waals surface area contributed by atoms with Crippen LogP contribution in [0.1, 0.15) is 15.4 Å². The Bertz CT molecular complexity index is 655. The minimum absolute atomic E-state index is 0.0465. The van der Waals surface area contributed by atoms with E-state index in [1.54, 1.807) is 0 Å². The molecule has 3 N–H and O–H groups in total. The highest BCUT2D eigenvalue weighted by atomic mass is 32.1. The van der Waals surface area contributed by atoms with Crippen molar-refractivity contribution in [1.82, 2.24) is 10.2 Å². The summed E-state index contributed by atoms with van der Waals surface area (Å²) in [6.07, 6.45) is -4.85. The Labute approximate surface area is 113 Å². The molecule has 0 saturated carbocycles. The molecule has 0 bridgehead atoms. The number of aromatic nitrogens is 2. The van der Waals surface area contributed by atoms with Crippen molar-refractivity contribution in [1.29, 1.82) is 0 Å². The van der Waals surface area contributed by atoms with Gasteiger partial charge in [0.2, 0.25) is 10.1 Å². The molecular formula is C10H6F4N4OS. The summed E-state index contributed by atoms with van der Waals surface area (Å²) < 4.78 is 50.6. The van der Waals surface area contributed by atoms with Crippen LogP contribution < -0.4 is 11.1 Å². The van der Waals surface area contributed by atoms with E-state index < -0.39 is 23.5 Å². The quantitative estimate of drug-likeness (QED) is 0.835. The molecule has 5 nitrogen and oxygen atoms in total. The molecule has 0 saturated heterocycles. The number of halogens is 4. The first-order valence-corrected chi connectivity index (χ1v) is 5.86. The van der Waals surface area contributed by atoms with Crippen LogP contribution in [0.15, 0.2) is 18.2 Å². The lowest BCUT2D eigenvalue weighted by Crippen LogP contribution is -2.14. The third-order valence-electron chi connectivity index (χ3n) is 2.16. The second kappa shape index (κ2) is 5.04. The van der Waals surface area contributed by atoms with Crippen molar-refractivity contribution in [3.05, 3.63) is 34.6 Å². The molecule has 0 atom stereocenters. The molecule has 0 aliphatic rings. The Morgan fingerprint density at radius 3 is 2.55 bits per heavy atom. The fraction of sp³-hybridized carbons (Fsp3) is 0.100. The highest BCUT2D eigenvalue weighted by molar-refractivity contribution is 7.16. The van der Waals surface area contributed by atoms with Gasteiger partial charge < -0.3 is 11.1 Å². The van der Waals surface area contributed by atoms with E-state index in [1.807, 2.05) is 0 Å². The van der Waals surface area contributed by atoms with Crippen LogP contribution in [0.3, 0.4) is 0 Å². The molecule has 0 aliphatic heterocycles. The minimum Gasteiger partial charge on any atom is -0.374 e. The van der Waals surface area contributed by atoms with Gasteiger partial charge >= 0.3 is 6.18 Å². The number of carbonyl (C=O) groups is 1. The van der Waals surface area contributed by atoms with E-state index in [-0.39, 0.29) is 15.8 Å². The standard InChI is InChI=1S/C10H6F4N4OS/c11-6-2-1-4(3-5(6)10(12,13)14)16-7(19)8-17-18-9(15)20-8/h1-3H,(H2,15,18)(H,16,19). The average Bonchev–Trinajstić information content (AvgIpc) is 2.77. The summed E-state index contributed by atoms with van der Waals surface area (Å²) >= 11 is 0.775. The minimum atomic E-state index is -4.85. The van der Waals surface area contributed by atoms with E-state index in [0.29, 0.717) is 12.1 Å². The molecule has 20 heavy (non-hydrogen) atoms. The topological polar surface area (TPSA) is 80.9 Å². The lowest BCUT2D eigenvalue weighted by Gasteiger charge is -2.10. The van der Waals surface area contributed by atoms with Crippen LogP contribution in [0.4, 0.5) is 28.4 Å². The lowest BCUT2D eigenvalue weighted by molar-refractivity contribution is -0.139. The summed E-state index contributed by atoms with van der Waals surface area (Å²) in [5.41, 5.74) is 3.60. The van der Waals surface area contributed by atoms with Crippen molar-refractivity contribution in [2.75, 3.05) is 11.1 Å². The van der Waals surface area contributed by atoms with Gasteiger partial charge in [0.25, 0.3) is 5.91 Å². The van der Waals surface area contributed by atoms with Crippen LogP contribution in [0, 0.1) is 5.82 Å². The molecule has 0 unspecified atom stereocenters. The van der Waals surface area contributed by atoms with Gasteiger partial charge in [-0.05, 0) is 18.2 Å². The number of hydrogen-bond donors (Lipinski definition) is 2. The van der Waals surface area contributed by atoms with Gasteiger partial charge in [0.15, 0.2) is 0 Å². The number of nitrogen functional groups attached to an aromatic ring is 1. The zero-order valence-electron chi connectivity index (χ0n) is 9.53. The molecule has 2 rings (SSSR count). The van der Waals surface area contributed by atoms with Crippen molar-refractivity contribution in [2.45, 2.75) is 6.18 Å². The summed E-state index contributed by atoms with van der Waals surface area (Å²) in [6, 6.07) is 2.12. The number of benzene rings is 1. The van der Waals surface area contributed by atoms with Gasteiger partial charge in [-0.25, -0.2) is 4.39 Å². The fourth-order valence-corrected chi connectivity index (χ4v) is 1.84. The predicted molar refractivity (Wildman–Crippen MR) is 63.7 cm³/mol. The Kier molecular flexibility index (Phi) is 3.57. The molecule has 0 aliphatic carbocycles. The van der Waals surface area contributed by atoms with Crippen LogP contribution >= 0.6 is 11.3 Å². The number of nitrogens with two attached hydrogens (primary N) is 1. The number of rotatable bonds is 2. The van der Waals surface area contributed by atoms with E-state index in [0.717, 1.165) is 17.4 Å². The van der Waals surface area contributed by atoms with Gasteiger partial charge in [-0.15, -0.1) is 10.2 Å². The van der Waals surface area contributed by atoms with E-state index in [2.05, 4.69) is 15.5 Å². The van der Waals surface area contributed by atoms with Gasteiger partial charge in [-0.3, -0.25) is 4.79 Å². The van der Waals surface area contributed by atoms with Crippen LogP contribution in [0.5, 0.6) is 0 Å². The highest BCUT2D eigenvalue weighted by Crippen LogP contribution is 2.33. The van der Waals surface area contributed by atoms with Crippen molar-refractivity contribution >= 4 is 28.1 Å². The zero-order valence-corrected chi connectivity index (χ0v) is 10.3. The van der Waals surface area contributed by atoms with Gasteiger partial charge in [0.05, 0.1) is 5.56 Å². The summed E-state index contributed by atoms with van der Waals surface area (Å²) in [5.74, 6) is -2.20. The first-order chi connectivity index (χ1) is 9.27. The third kappa shape index (κ3) is 3.02. The second-order valence-corrected chi connectivity index (χ2v) is 4.60. The van der Waals surface area contributed by atoms with E-state index >= 15 is 0 Å². The summed E-state index contributed by atoms with van der Waals surface area (Å²) in [4.78, 5) is 11.6. The number of alkyl halides is 3. The smallest absolute Gasteiger partial charge is 0.374 e. The Morgan fingerprint density at radius 1 is 1.30 bits per heavy atom. The van der Waals surface area contributed by atoms with E-state index in [1.165, 1.54) is 0 Å². The van der Waals surface area contributed by atoms with Crippen molar-refractivity contribution < 1.29 is 22.4 Å². The lowest BCUT2D eigenvalue weighted by atomic mass is 10.2. The average molecular weight is 306 g/mol. The number of amides is 1. The zero-order chi connectivity index (χ0) is 14.9. The Balaban J connectivity index is 2.24. The maximum atomic E-state index is 13.1. The molecule has 2 aromatic rings. The van der Waals surface area contributed by atoms with Gasteiger partial charge in [-0.1, -0.05) is 11.3 Å². The number of nitrogens with one attached hydrogen (secondary N) is 1. The first kappa shape index (κ1) is 14.2. The van der Waals surface area contributed by atoms with Crippen LogP contribution in [0.2, 0.25) is 0 Å². The molecule has 1 amide bonds. The number of nitrogens with zero attached hydrogens (tertiary/aromatic N) is 2. The van der Waals surface area contributed by atoms with Gasteiger partial charge in [-0.2, -0.15) is 13.2 Å². The molecule has 0 radical (unpaired) electrons. The van der Waals surface area contributed by atoms with Gasteiger partial charge in [0, 0.05) is 5.69 Å². The predicted octanol–water partition coefficient (Wildman–Crippen LogP) is 2.53. The monoisotopic (exact) mass is 306 g/mol. The normalized spacial score (nSPS) is 11.4. The van der Waals surface area contributed by atoms with E-state index in [4.69, 9.17) is 5.73 Å². The Morgan fingerprint density at radius 2 is 2.00 bits per heavy atom. The molecule has 0 fully saturated rings. The molecular weight excluding hydrogens is 300 g/mol. The molecule has 1 aromatic carbocycles. The van der Waals surface area contributed by atoms with Crippen molar-refractivity contribution in [2.24, 2.45) is 0 Å². The molecule has 10 heteroatoms. The molecule has 0 spiro atoms. The largest absolute Gasteiger partial charge is 0.419 e. The van der Waals surface area contributed by atoms with Crippen molar-refractivity contribution in [3.8, 4) is 0 Å². The molecule has 106 valence electrons. The molecule has 1 aromatic heterocycles. The summed E-state index contributed by atoms with van der Waals surface area (Å²) in [6.45, 7) is 0.